The van der Waals surface area contributed by atoms with Crippen molar-refractivity contribution in [2.45, 2.75) is 12.6 Å². The quantitative estimate of drug-likeness (QED) is 0.780. The highest BCUT2D eigenvalue weighted by molar-refractivity contribution is 5.79. The minimum absolute atomic E-state index is 0.0131. The van der Waals surface area contributed by atoms with Crippen LogP contribution in [0.2, 0.25) is 0 Å². The van der Waals surface area contributed by atoms with Crippen molar-refractivity contribution in [3.8, 4) is 0 Å². The minimum Gasteiger partial charge on any atom is -0.340 e. The van der Waals surface area contributed by atoms with Crippen molar-refractivity contribution in [3.05, 3.63) is 0 Å². The fourth-order valence-corrected chi connectivity index (χ4v) is 2.50. The summed E-state index contributed by atoms with van der Waals surface area (Å²) >= 11 is 0. The summed E-state index contributed by atoms with van der Waals surface area (Å²) in [6, 6.07) is 0. The molecule has 1 unspecified atom stereocenters. The first-order valence-electron chi connectivity index (χ1n) is 6.24. The Labute approximate surface area is 104 Å². The monoisotopic (exact) mass is 265 g/mol. The van der Waals surface area contributed by atoms with Crippen LogP contribution in [0.1, 0.15) is 6.42 Å². The molecule has 2 fully saturated rings. The summed E-state index contributed by atoms with van der Waals surface area (Å²) in [5.74, 6) is 0.103. The Morgan fingerprint density at radius 3 is 2.39 bits per heavy atom. The van der Waals surface area contributed by atoms with Crippen LogP contribution in [-0.2, 0) is 4.79 Å². The molecule has 0 aliphatic carbocycles. The van der Waals surface area contributed by atoms with Gasteiger partial charge in [-0.15, -0.1) is 0 Å². The second kappa shape index (κ2) is 5.44. The summed E-state index contributed by atoms with van der Waals surface area (Å²) in [6.07, 6.45) is -3.32. The summed E-state index contributed by atoms with van der Waals surface area (Å²) in [4.78, 5) is 15.1. The molecule has 0 saturated carbocycles. The first kappa shape index (κ1) is 13.6. The Morgan fingerprint density at radius 1 is 1.22 bits per heavy atom. The summed E-state index contributed by atoms with van der Waals surface area (Å²) in [6.45, 7) is 2.11. The smallest absolute Gasteiger partial charge is 0.340 e. The number of nitrogens with one attached hydrogen (secondary N) is 1. The van der Waals surface area contributed by atoms with Gasteiger partial charge in [-0.05, 0) is 13.0 Å². The van der Waals surface area contributed by atoms with Gasteiger partial charge in [0, 0.05) is 32.7 Å². The summed E-state index contributed by atoms with van der Waals surface area (Å²) in [5, 5.41) is 3.13. The molecule has 0 aromatic carbocycles. The standard InChI is InChI=1S/C11H18F3N3O/c12-11(13,14)8-16-3-5-17(6-4-16)10(18)9-1-2-15-7-9/h9,15H,1-8H2. The van der Waals surface area contributed by atoms with E-state index in [4.69, 9.17) is 0 Å². The highest BCUT2D eigenvalue weighted by atomic mass is 19.4. The Bertz CT molecular complexity index is 294. The third-order valence-corrected chi connectivity index (χ3v) is 3.50. The first-order valence-corrected chi connectivity index (χ1v) is 6.24. The molecule has 0 spiro atoms. The van der Waals surface area contributed by atoms with Crippen molar-refractivity contribution in [2.24, 2.45) is 5.92 Å². The van der Waals surface area contributed by atoms with Crippen LogP contribution >= 0.6 is 0 Å². The van der Waals surface area contributed by atoms with Gasteiger partial charge in [-0.1, -0.05) is 0 Å². The highest BCUT2D eigenvalue weighted by Gasteiger charge is 2.34. The van der Waals surface area contributed by atoms with Gasteiger partial charge in [0.2, 0.25) is 5.91 Å². The second-order valence-corrected chi connectivity index (χ2v) is 4.91. The van der Waals surface area contributed by atoms with E-state index in [0.717, 1.165) is 13.0 Å². The van der Waals surface area contributed by atoms with E-state index in [9.17, 15) is 18.0 Å². The lowest BCUT2D eigenvalue weighted by Crippen LogP contribution is -2.52. The molecule has 2 aliphatic heterocycles. The number of alkyl halides is 3. The van der Waals surface area contributed by atoms with Crippen LogP contribution in [0.4, 0.5) is 13.2 Å². The molecule has 2 rings (SSSR count). The van der Waals surface area contributed by atoms with Gasteiger partial charge in [-0.25, -0.2) is 0 Å². The molecule has 1 amide bonds. The van der Waals surface area contributed by atoms with E-state index in [1.165, 1.54) is 4.90 Å². The number of carbonyl (C=O) groups is 1. The Hall–Kier alpha value is -0.820. The van der Waals surface area contributed by atoms with Crippen LogP contribution in [-0.4, -0.2) is 67.7 Å². The van der Waals surface area contributed by atoms with Gasteiger partial charge in [-0.2, -0.15) is 13.2 Å². The number of halogens is 3. The van der Waals surface area contributed by atoms with Crippen molar-refractivity contribution in [3.63, 3.8) is 0 Å². The van der Waals surface area contributed by atoms with Gasteiger partial charge in [-0.3, -0.25) is 9.69 Å². The zero-order valence-electron chi connectivity index (χ0n) is 10.2. The van der Waals surface area contributed by atoms with Crippen molar-refractivity contribution in [1.82, 2.24) is 15.1 Å². The van der Waals surface area contributed by atoms with E-state index in [2.05, 4.69) is 5.32 Å². The van der Waals surface area contributed by atoms with Crippen molar-refractivity contribution < 1.29 is 18.0 Å². The Morgan fingerprint density at radius 2 is 1.89 bits per heavy atom. The molecule has 2 saturated heterocycles. The van der Waals surface area contributed by atoms with Crippen molar-refractivity contribution >= 4 is 5.91 Å². The predicted molar refractivity (Wildman–Crippen MR) is 60.1 cm³/mol. The zero-order chi connectivity index (χ0) is 13.2. The average Bonchev–Trinajstić information content (AvgIpc) is 2.80. The second-order valence-electron chi connectivity index (χ2n) is 4.91. The van der Waals surface area contributed by atoms with E-state index >= 15 is 0 Å². The largest absolute Gasteiger partial charge is 0.401 e. The van der Waals surface area contributed by atoms with Crippen LogP contribution in [0.3, 0.4) is 0 Å². The van der Waals surface area contributed by atoms with Gasteiger partial charge >= 0.3 is 6.18 Å². The number of amides is 1. The van der Waals surface area contributed by atoms with Crippen LogP contribution in [0.25, 0.3) is 0 Å². The predicted octanol–water partition coefficient (Wildman–Crippen LogP) is 0.302. The maximum atomic E-state index is 12.2. The van der Waals surface area contributed by atoms with E-state index in [0.29, 0.717) is 32.7 Å². The molecule has 1 N–H and O–H groups in total. The molecule has 0 aromatic rings. The molecule has 2 heterocycles. The van der Waals surface area contributed by atoms with E-state index in [-0.39, 0.29) is 11.8 Å². The number of piperazine rings is 1. The number of hydrogen-bond donors (Lipinski definition) is 1. The molecular weight excluding hydrogens is 247 g/mol. The van der Waals surface area contributed by atoms with Gasteiger partial charge in [0.15, 0.2) is 0 Å². The topological polar surface area (TPSA) is 35.6 Å². The average molecular weight is 265 g/mol. The fourth-order valence-electron chi connectivity index (χ4n) is 2.50. The maximum absolute atomic E-state index is 12.2. The third kappa shape index (κ3) is 3.58. The Balaban J connectivity index is 1.77. The van der Waals surface area contributed by atoms with E-state index in [1.54, 1.807) is 4.90 Å². The third-order valence-electron chi connectivity index (χ3n) is 3.50. The summed E-state index contributed by atoms with van der Waals surface area (Å²) in [7, 11) is 0. The lowest BCUT2D eigenvalue weighted by molar-refractivity contribution is -0.152. The fraction of sp³-hybridized carbons (Fsp3) is 0.909. The number of hydrogen-bond acceptors (Lipinski definition) is 3. The maximum Gasteiger partial charge on any atom is 0.401 e. The van der Waals surface area contributed by atoms with Crippen LogP contribution in [0, 0.1) is 5.92 Å². The van der Waals surface area contributed by atoms with Crippen molar-refractivity contribution in [2.75, 3.05) is 45.8 Å². The van der Waals surface area contributed by atoms with E-state index in [1.807, 2.05) is 0 Å². The van der Waals surface area contributed by atoms with Gasteiger partial charge in [0.05, 0.1) is 12.5 Å². The molecule has 0 bridgehead atoms. The SMILES string of the molecule is O=C(C1CCNC1)N1CCN(CC(F)(F)F)CC1. The summed E-state index contributed by atoms with van der Waals surface area (Å²) < 4.78 is 36.6. The van der Waals surface area contributed by atoms with Gasteiger partial charge in [0.1, 0.15) is 0 Å². The van der Waals surface area contributed by atoms with Crippen LogP contribution in [0.15, 0.2) is 0 Å². The number of nitrogens with zero attached hydrogens (tertiary/aromatic N) is 2. The van der Waals surface area contributed by atoms with Crippen LogP contribution in [0.5, 0.6) is 0 Å². The molecular formula is C11H18F3N3O. The van der Waals surface area contributed by atoms with E-state index < -0.39 is 12.7 Å². The number of carbonyl (C=O) groups excluding carboxylic acids is 1. The Kier molecular flexibility index (Phi) is 4.11. The minimum atomic E-state index is -4.15. The lowest BCUT2D eigenvalue weighted by atomic mass is 10.1. The first-order chi connectivity index (χ1) is 8.46. The highest BCUT2D eigenvalue weighted by Crippen LogP contribution is 2.18. The molecule has 2 aliphatic rings. The molecule has 7 heteroatoms. The summed E-state index contributed by atoms with van der Waals surface area (Å²) in [5.41, 5.74) is 0. The normalized spacial score (nSPS) is 26.6. The molecule has 4 nitrogen and oxygen atoms in total. The molecule has 18 heavy (non-hydrogen) atoms. The van der Waals surface area contributed by atoms with Gasteiger partial charge in [0.25, 0.3) is 0 Å². The lowest BCUT2D eigenvalue weighted by Gasteiger charge is -2.36. The molecule has 0 radical (unpaired) electrons. The zero-order valence-corrected chi connectivity index (χ0v) is 10.2. The van der Waals surface area contributed by atoms with Crippen LogP contribution < -0.4 is 5.32 Å². The number of rotatable bonds is 2. The van der Waals surface area contributed by atoms with Gasteiger partial charge < -0.3 is 10.2 Å². The molecule has 1 atom stereocenters. The van der Waals surface area contributed by atoms with Crippen molar-refractivity contribution in [1.29, 1.82) is 0 Å². The molecule has 0 aromatic heterocycles. The molecule has 104 valence electrons.